The van der Waals surface area contributed by atoms with Crippen LogP contribution in [0.4, 0.5) is 0 Å². The van der Waals surface area contributed by atoms with E-state index in [1.54, 1.807) is 22.7 Å². The van der Waals surface area contributed by atoms with E-state index >= 15 is 0 Å². The summed E-state index contributed by atoms with van der Waals surface area (Å²) in [7, 11) is 0. The number of aromatic nitrogens is 2. The molecule has 1 atom stereocenters. The summed E-state index contributed by atoms with van der Waals surface area (Å²) in [4.78, 5) is 8.97. The number of piperidine rings is 1. The van der Waals surface area contributed by atoms with E-state index in [-0.39, 0.29) is 0 Å². The van der Waals surface area contributed by atoms with E-state index in [0.29, 0.717) is 6.04 Å². The summed E-state index contributed by atoms with van der Waals surface area (Å²) >= 11 is 3.40. The van der Waals surface area contributed by atoms with Crippen LogP contribution in [0.5, 0.6) is 0 Å². The highest BCUT2D eigenvalue weighted by Crippen LogP contribution is 2.30. The van der Waals surface area contributed by atoms with Crippen molar-refractivity contribution in [2.24, 2.45) is 0 Å². The highest BCUT2D eigenvalue weighted by molar-refractivity contribution is 7.14. The Kier molecular flexibility index (Phi) is 2.99. The third-order valence-corrected chi connectivity index (χ3v) is 4.54. The molecule has 1 fully saturated rings. The van der Waals surface area contributed by atoms with E-state index < -0.39 is 0 Å². The molecule has 3 nitrogen and oxygen atoms in total. The van der Waals surface area contributed by atoms with Gasteiger partial charge in [-0.3, -0.25) is 0 Å². The maximum absolute atomic E-state index is 4.68. The van der Waals surface area contributed by atoms with Gasteiger partial charge in [0.1, 0.15) is 15.7 Å². The summed E-state index contributed by atoms with van der Waals surface area (Å²) < 4.78 is 0. The van der Waals surface area contributed by atoms with Crippen LogP contribution < -0.4 is 5.32 Å². The number of nitrogens with zero attached hydrogens (tertiary/aromatic N) is 2. The predicted octanol–water partition coefficient (Wildman–Crippen LogP) is 3.08. The van der Waals surface area contributed by atoms with Crippen LogP contribution in [0.1, 0.15) is 30.3 Å². The normalized spacial score (nSPS) is 21.1. The Balaban J connectivity index is 1.82. The fourth-order valence-corrected chi connectivity index (χ4v) is 3.54. The molecule has 0 radical (unpaired) electrons. The van der Waals surface area contributed by atoms with Crippen molar-refractivity contribution < 1.29 is 0 Å². The van der Waals surface area contributed by atoms with Crippen LogP contribution in [0, 0.1) is 0 Å². The number of hydrogen-bond acceptors (Lipinski definition) is 5. The minimum atomic E-state index is 0.465. The van der Waals surface area contributed by atoms with Crippen LogP contribution in [-0.4, -0.2) is 16.5 Å². The van der Waals surface area contributed by atoms with Gasteiger partial charge in [0, 0.05) is 17.0 Å². The van der Waals surface area contributed by atoms with Crippen molar-refractivity contribution in [2.75, 3.05) is 6.54 Å². The lowest BCUT2D eigenvalue weighted by Gasteiger charge is -2.21. The Bertz CT molecular complexity index is 444. The van der Waals surface area contributed by atoms with Gasteiger partial charge in [0.25, 0.3) is 0 Å². The molecule has 0 aliphatic carbocycles. The van der Waals surface area contributed by atoms with Crippen molar-refractivity contribution >= 4 is 22.7 Å². The minimum Gasteiger partial charge on any atom is -0.308 e. The summed E-state index contributed by atoms with van der Waals surface area (Å²) in [6.45, 7) is 1.12. The topological polar surface area (TPSA) is 37.8 Å². The summed E-state index contributed by atoms with van der Waals surface area (Å²) in [5.41, 5.74) is 1.03. The second-order valence-corrected chi connectivity index (χ2v) is 5.69. The van der Waals surface area contributed by atoms with Crippen LogP contribution in [0.25, 0.3) is 10.7 Å². The van der Waals surface area contributed by atoms with Gasteiger partial charge in [0.2, 0.25) is 0 Å². The molecule has 0 amide bonds. The maximum atomic E-state index is 4.68. The molecule has 2 aromatic rings. The molecule has 1 aliphatic rings. The van der Waals surface area contributed by atoms with Crippen LogP contribution >= 0.6 is 22.7 Å². The number of rotatable bonds is 2. The van der Waals surface area contributed by atoms with Gasteiger partial charge in [0.15, 0.2) is 0 Å². The van der Waals surface area contributed by atoms with Crippen LogP contribution in [0.2, 0.25) is 0 Å². The zero-order valence-electron chi connectivity index (χ0n) is 8.85. The molecule has 0 bridgehead atoms. The first-order valence-electron chi connectivity index (χ1n) is 5.52. The van der Waals surface area contributed by atoms with E-state index in [2.05, 4.69) is 20.7 Å². The monoisotopic (exact) mass is 251 g/mol. The van der Waals surface area contributed by atoms with E-state index in [1.165, 1.54) is 24.3 Å². The molecule has 3 rings (SSSR count). The average Bonchev–Trinajstić information content (AvgIpc) is 3.01. The molecular weight excluding hydrogens is 238 g/mol. The molecule has 1 N–H and O–H groups in total. The Morgan fingerprint density at radius 3 is 3.06 bits per heavy atom. The first kappa shape index (κ1) is 10.4. The van der Waals surface area contributed by atoms with Crippen LogP contribution in [0.15, 0.2) is 17.0 Å². The third kappa shape index (κ3) is 2.03. The van der Waals surface area contributed by atoms with E-state index in [0.717, 1.165) is 17.2 Å². The maximum Gasteiger partial charge on any atom is 0.142 e. The lowest BCUT2D eigenvalue weighted by Crippen LogP contribution is -2.26. The summed E-state index contributed by atoms with van der Waals surface area (Å²) in [5, 5.41) is 9.87. The van der Waals surface area contributed by atoms with Crippen molar-refractivity contribution in [3.8, 4) is 10.7 Å². The van der Waals surface area contributed by atoms with E-state index in [1.807, 2.05) is 11.6 Å². The Labute approximate surface area is 103 Å². The molecule has 0 saturated carbocycles. The molecule has 0 aromatic carbocycles. The summed E-state index contributed by atoms with van der Waals surface area (Å²) in [5.74, 6) is 0. The molecule has 3 heterocycles. The van der Waals surface area contributed by atoms with Gasteiger partial charge in [-0.15, -0.1) is 22.7 Å². The van der Waals surface area contributed by atoms with Crippen molar-refractivity contribution in [3.63, 3.8) is 0 Å². The molecule has 16 heavy (non-hydrogen) atoms. The first-order valence-corrected chi connectivity index (χ1v) is 7.28. The molecule has 1 aliphatic heterocycles. The van der Waals surface area contributed by atoms with Gasteiger partial charge < -0.3 is 5.32 Å². The van der Waals surface area contributed by atoms with Gasteiger partial charge >= 0.3 is 0 Å². The number of nitrogens with one attached hydrogen (secondary N) is 1. The summed E-state index contributed by atoms with van der Waals surface area (Å²) in [6, 6.07) is 0.465. The van der Waals surface area contributed by atoms with Crippen LogP contribution in [0.3, 0.4) is 0 Å². The fraction of sp³-hybridized carbons (Fsp3) is 0.455. The van der Waals surface area contributed by atoms with Crippen molar-refractivity contribution in [1.29, 1.82) is 0 Å². The third-order valence-electron chi connectivity index (χ3n) is 2.78. The number of hydrogen-bond donors (Lipinski definition) is 1. The van der Waals surface area contributed by atoms with Gasteiger partial charge in [-0.05, 0) is 19.4 Å². The second-order valence-electron chi connectivity index (χ2n) is 3.91. The van der Waals surface area contributed by atoms with Gasteiger partial charge in [-0.2, -0.15) is 0 Å². The Morgan fingerprint density at radius 2 is 2.31 bits per heavy atom. The van der Waals surface area contributed by atoms with E-state index in [4.69, 9.17) is 0 Å². The number of thiazole rings is 2. The largest absolute Gasteiger partial charge is 0.308 e. The Hall–Kier alpha value is -0.780. The molecule has 2 aromatic heterocycles. The standard InChI is InChI=1S/C11H13N3S2/c1-2-4-12-8(3-1)11-14-9(7-16-11)10-13-5-6-15-10/h5-8,12H,1-4H2. The smallest absolute Gasteiger partial charge is 0.142 e. The molecule has 1 saturated heterocycles. The van der Waals surface area contributed by atoms with Gasteiger partial charge in [-0.25, -0.2) is 9.97 Å². The second kappa shape index (κ2) is 4.61. The van der Waals surface area contributed by atoms with Gasteiger partial charge in [-0.1, -0.05) is 6.42 Å². The average molecular weight is 251 g/mol. The zero-order chi connectivity index (χ0) is 10.8. The molecule has 1 unspecified atom stereocenters. The zero-order valence-corrected chi connectivity index (χ0v) is 10.5. The van der Waals surface area contributed by atoms with Crippen LogP contribution in [-0.2, 0) is 0 Å². The molecule has 84 valence electrons. The van der Waals surface area contributed by atoms with E-state index in [9.17, 15) is 0 Å². The molecule has 0 spiro atoms. The molecular formula is C11H13N3S2. The van der Waals surface area contributed by atoms with Crippen molar-refractivity contribution in [2.45, 2.75) is 25.3 Å². The minimum absolute atomic E-state index is 0.465. The SMILES string of the molecule is c1csc(-c2csc(C3CCCCN3)n2)n1. The fourth-order valence-electron chi connectivity index (χ4n) is 1.96. The van der Waals surface area contributed by atoms with Crippen molar-refractivity contribution in [3.05, 3.63) is 22.0 Å². The predicted molar refractivity (Wildman–Crippen MR) is 67.8 cm³/mol. The highest BCUT2D eigenvalue weighted by Gasteiger charge is 2.18. The first-order chi connectivity index (χ1) is 7.93. The van der Waals surface area contributed by atoms with Crippen molar-refractivity contribution in [1.82, 2.24) is 15.3 Å². The highest BCUT2D eigenvalue weighted by atomic mass is 32.1. The Morgan fingerprint density at radius 1 is 1.31 bits per heavy atom. The summed E-state index contributed by atoms with van der Waals surface area (Å²) in [6.07, 6.45) is 5.65. The quantitative estimate of drug-likeness (QED) is 0.891. The lowest BCUT2D eigenvalue weighted by atomic mass is 10.1. The van der Waals surface area contributed by atoms with Gasteiger partial charge in [0.05, 0.1) is 6.04 Å². The lowest BCUT2D eigenvalue weighted by molar-refractivity contribution is 0.411. The molecule has 5 heteroatoms.